The molecular weight excluding hydrogens is 402 g/mol. The first-order valence-corrected chi connectivity index (χ1v) is 7.58. The molecule has 0 heterocycles. The normalized spacial score (nSPS) is 10.3. The minimum Gasteiger partial charge on any atom is -0.495 e. The summed E-state index contributed by atoms with van der Waals surface area (Å²) in [7, 11) is 3.06. The predicted octanol–water partition coefficient (Wildman–Crippen LogP) is 4.04. The van der Waals surface area contributed by atoms with Crippen molar-refractivity contribution in [3.63, 3.8) is 0 Å². The number of anilines is 1. The molecule has 0 saturated carbocycles. The number of hydrogen-bond acceptors (Lipinski definition) is 4. The first kappa shape index (κ1) is 15.9. The molecule has 0 aromatic heterocycles. The number of ether oxygens (including phenoxy) is 2. The predicted molar refractivity (Wildman–Crippen MR) is 89.2 cm³/mol. The van der Waals surface area contributed by atoms with Crippen molar-refractivity contribution in [2.75, 3.05) is 20.0 Å². The Hall–Kier alpha value is -1.53. The van der Waals surface area contributed by atoms with Gasteiger partial charge in [0.15, 0.2) is 5.78 Å². The van der Waals surface area contributed by atoms with Gasteiger partial charge in [0.25, 0.3) is 0 Å². The molecule has 0 radical (unpaired) electrons. The third-order valence-corrected chi connectivity index (χ3v) is 4.41. The van der Waals surface area contributed by atoms with E-state index in [0.717, 1.165) is 0 Å². The Labute approximate surface area is 139 Å². The Morgan fingerprint density at radius 2 is 1.76 bits per heavy atom. The Kier molecular flexibility index (Phi) is 4.90. The maximum atomic E-state index is 12.7. The molecule has 0 fully saturated rings. The monoisotopic (exact) mass is 413 g/mol. The fourth-order valence-corrected chi connectivity index (χ4v) is 3.03. The largest absolute Gasteiger partial charge is 0.495 e. The second-order valence-electron chi connectivity index (χ2n) is 4.23. The lowest BCUT2D eigenvalue weighted by Gasteiger charge is -2.13. The summed E-state index contributed by atoms with van der Waals surface area (Å²) in [5, 5.41) is 0. The number of methoxy groups -OCH3 is 2. The minimum atomic E-state index is -0.186. The zero-order chi connectivity index (χ0) is 15.6. The summed E-state index contributed by atoms with van der Waals surface area (Å²) in [6.45, 7) is 0. The summed E-state index contributed by atoms with van der Waals surface area (Å²) in [6.07, 6.45) is 0. The minimum absolute atomic E-state index is 0.186. The lowest BCUT2D eigenvalue weighted by Crippen LogP contribution is -2.06. The van der Waals surface area contributed by atoms with Crippen LogP contribution in [0.4, 0.5) is 5.69 Å². The van der Waals surface area contributed by atoms with Gasteiger partial charge in [-0.3, -0.25) is 4.79 Å². The van der Waals surface area contributed by atoms with Gasteiger partial charge in [0.05, 0.1) is 19.8 Å². The molecule has 4 nitrogen and oxygen atoms in total. The van der Waals surface area contributed by atoms with E-state index in [4.69, 9.17) is 15.2 Å². The van der Waals surface area contributed by atoms with E-state index < -0.39 is 0 Å². The van der Waals surface area contributed by atoms with Crippen LogP contribution >= 0.6 is 31.9 Å². The van der Waals surface area contributed by atoms with Gasteiger partial charge < -0.3 is 15.2 Å². The topological polar surface area (TPSA) is 61.5 Å². The highest BCUT2D eigenvalue weighted by molar-refractivity contribution is 9.11. The van der Waals surface area contributed by atoms with Crippen LogP contribution in [0.25, 0.3) is 0 Å². The van der Waals surface area contributed by atoms with Crippen LogP contribution in [0.1, 0.15) is 15.9 Å². The van der Waals surface area contributed by atoms with Gasteiger partial charge in [-0.25, -0.2) is 0 Å². The van der Waals surface area contributed by atoms with Crippen LogP contribution in [-0.2, 0) is 0 Å². The number of rotatable bonds is 4. The van der Waals surface area contributed by atoms with Gasteiger partial charge in [-0.05, 0) is 46.3 Å². The Morgan fingerprint density at radius 1 is 1.05 bits per heavy atom. The van der Waals surface area contributed by atoms with Crippen LogP contribution in [0, 0.1) is 0 Å². The molecule has 21 heavy (non-hydrogen) atoms. The molecular formula is C15H13Br2NO3. The number of hydrogen-bond donors (Lipinski definition) is 1. The molecule has 0 aliphatic rings. The van der Waals surface area contributed by atoms with E-state index >= 15 is 0 Å². The maximum Gasteiger partial charge on any atom is 0.198 e. The number of carbonyl (C=O) groups is 1. The van der Waals surface area contributed by atoms with E-state index in [1.165, 1.54) is 7.11 Å². The number of benzene rings is 2. The average Bonchev–Trinajstić information content (AvgIpc) is 2.48. The van der Waals surface area contributed by atoms with Gasteiger partial charge in [0.2, 0.25) is 0 Å². The highest BCUT2D eigenvalue weighted by Gasteiger charge is 2.21. The molecule has 2 aromatic rings. The zero-order valence-corrected chi connectivity index (χ0v) is 14.6. The Bertz CT molecular complexity index is 702. The van der Waals surface area contributed by atoms with Crippen LogP contribution < -0.4 is 15.2 Å². The van der Waals surface area contributed by atoms with Crippen LogP contribution in [0.3, 0.4) is 0 Å². The van der Waals surface area contributed by atoms with Crippen LogP contribution in [0.15, 0.2) is 39.3 Å². The summed E-state index contributed by atoms with van der Waals surface area (Å²) in [4.78, 5) is 12.7. The maximum absolute atomic E-state index is 12.7. The van der Waals surface area contributed by atoms with E-state index in [9.17, 15) is 4.79 Å². The fraction of sp³-hybridized carbons (Fsp3) is 0.133. The van der Waals surface area contributed by atoms with Gasteiger partial charge in [0.1, 0.15) is 16.0 Å². The van der Waals surface area contributed by atoms with Crippen molar-refractivity contribution in [1.82, 2.24) is 0 Å². The SMILES string of the molecule is COc1ccc(C(=O)c2cc(N)ccc2Br)c(OC)c1Br. The number of nitrogen functional groups attached to an aromatic ring is 1. The zero-order valence-electron chi connectivity index (χ0n) is 11.4. The van der Waals surface area contributed by atoms with E-state index in [1.807, 2.05) is 0 Å². The van der Waals surface area contributed by atoms with Gasteiger partial charge in [-0.15, -0.1) is 0 Å². The summed E-state index contributed by atoms with van der Waals surface area (Å²) in [5.41, 5.74) is 7.18. The number of nitrogens with two attached hydrogens (primary N) is 1. The van der Waals surface area contributed by atoms with Gasteiger partial charge in [0, 0.05) is 15.7 Å². The van der Waals surface area contributed by atoms with Crippen molar-refractivity contribution in [2.45, 2.75) is 0 Å². The number of carbonyl (C=O) groups excluding carboxylic acids is 1. The molecule has 2 N–H and O–H groups in total. The smallest absolute Gasteiger partial charge is 0.198 e. The van der Waals surface area contributed by atoms with Crippen LogP contribution in [0.2, 0.25) is 0 Å². The van der Waals surface area contributed by atoms with Crippen LogP contribution in [-0.4, -0.2) is 20.0 Å². The third kappa shape index (κ3) is 3.06. The summed E-state index contributed by atoms with van der Waals surface area (Å²) < 4.78 is 11.8. The fourth-order valence-electron chi connectivity index (χ4n) is 1.94. The highest BCUT2D eigenvalue weighted by Crippen LogP contribution is 2.38. The third-order valence-electron chi connectivity index (χ3n) is 2.97. The second kappa shape index (κ2) is 6.49. The summed E-state index contributed by atoms with van der Waals surface area (Å²) in [5.74, 6) is 0.832. The van der Waals surface area contributed by atoms with E-state index in [0.29, 0.717) is 37.3 Å². The molecule has 0 aliphatic heterocycles. The van der Waals surface area contributed by atoms with Crippen molar-refractivity contribution in [2.24, 2.45) is 0 Å². The molecule has 6 heteroatoms. The second-order valence-corrected chi connectivity index (χ2v) is 5.88. The average molecular weight is 415 g/mol. The first-order chi connectivity index (χ1) is 9.99. The van der Waals surface area contributed by atoms with Gasteiger partial charge in [-0.1, -0.05) is 15.9 Å². The molecule has 0 bridgehead atoms. The molecule has 0 amide bonds. The van der Waals surface area contributed by atoms with Crippen molar-refractivity contribution < 1.29 is 14.3 Å². The standard InChI is InChI=1S/C15H13Br2NO3/c1-20-12-6-4-9(15(21-2)13(12)17)14(19)10-7-8(18)3-5-11(10)16/h3-7H,18H2,1-2H3. The molecule has 0 atom stereocenters. The molecule has 2 rings (SSSR count). The van der Waals surface area contributed by atoms with E-state index in [2.05, 4.69) is 31.9 Å². The molecule has 110 valence electrons. The first-order valence-electron chi connectivity index (χ1n) is 5.99. The van der Waals surface area contributed by atoms with Gasteiger partial charge in [-0.2, -0.15) is 0 Å². The van der Waals surface area contributed by atoms with Crippen molar-refractivity contribution in [3.8, 4) is 11.5 Å². The number of halogens is 2. The van der Waals surface area contributed by atoms with Gasteiger partial charge >= 0.3 is 0 Å². The molecule has 2 aromatic carbocycles. The van der Waals surface area contributed by atoms with Crippen LogP contribution in [0.5, 0.6) is 11.5 Å². The lowest BCUT2D eigenvalue weighted by atomic mass is 10.0. The summed E-state index contributed by atoms with van der Waals surface area (Å²) >= 11 is 6.76. The lowest BCUT2D eigenvalue weighted by molar-refractivity contribution is 0.103. The number of ketones is 1. The van der Waals surface area contributed by atoms with Crippen molar-refractivity contribution in [3.05, 3.63) is 50.4 Å². The summed E-state index contributed by atoms with van der Waals surface area (Å²) in [6, 6.07) is 8.47. The Balaban J connectivity index is 2.58. The molecule has 0 saturated heterocycles. The highest BCUT2D eigenvalue weighted by atomic mass is 79.9. The van der Waals surface area contributed by atoms with Crippen molar-refractivity contribution >= 4 is 43.3 Å². The van der Waals surface area contributed by atoms with E-state index in [-0.39, 0.29) is 5.78 Å². The van der Waals surface area contributed by atoms with E-state index in [1.54, 1.807) is 37.4 Å². The molecule has 0 spiro atoms. The Morgan fingerprint density at radius 3 is 2.38 bits per heavy atom. The quantitative estimate of drug-likeness (QED) is 0.605. The molecule has 0 unspecified atom stereocenters. The van der Waals surface area contributed by atoms with Crippen molar-refractivity contribution in [1.29, 1.82) is 0 Å². The molecule has 0 aliphatic carbocycles.